The van der Waals surface area contributed by atoms with Crippen molar-refractivity contribution in [1.29, 1.82) is 0 Å². The SMILES string of the molecule is CC1(C)CCCC1(O)C1NCCc2ccccc21. The lowest BCUT2D eigenvalue weighted by Gasteiger charge is -2.45. The first-order valence-electron chi connectivity index (χ1n) is 7.08. The monoisotopic (exact) mass is 245 g/mol. The molecule has 1 aliphatic carbocycles. The van der Waals surface area contributed by atoms with Gasteiger partial charge in [0.25, 0.3) is 0 Å². The minimum Gasteiger partial charge on any atom is -0.387 e. The van der Waals surface area contributed by atoms with E-state index in [1.54, 1.807) is 0 Å². The van der Waals surface area contributed by atoms with Crippen LogP contribution in [0.25, 0.3) is 0 Å². The topological polar surface area (TPSA) is 32.3 Å². The van der Waals surface area contributed by atoms with Gasteiger partial charge >= 0.3 is 0 Å². The summed E-state index contributed by atoms with van der Waals surface area (Å²) in [6.45, 7) is 5.39. The summed E-state index contributed by atoms with van der Waals surface area (Å²) in [5, 5.41) is 14.8. The summed E-state index contributed by atoms with van der Waals surface area (Å²) < 4.78 is 0. The molecule has 2 unspecified atom stereocenters. The van der Waals surface area contributed by atoms with E-state index >= 15 is 0 Å². The van der Waals surface area contributed by atoms with Crippen LogP contribution in [0.15, 0.2) is 24.3 Å². The first-order valence-corrected chi connectivity index (χ1v) is 7.08. The van der Waals surface area contributed by atoms with Crippen molar-refractivity contribution in [3.63, 3.8) is 0 Å². The molecule has 1 saturated carbocycles. The van der Waals surface area contributed by atoms with Crippen molar-refractivity contribution >= 4 is 0 Å². The Labute approximate surface area is 109 Å². The number of rotatable bonds is 1. The highest BCUT2D eigenvalue weighted by molar-refractivity contribution is 5.35. The third kappa shape index (κ3) is 1.63. The number of benzene rings is 1. The Hall–Kier alpha value is -0.860. The molecule has 1 aromatic carbocycles. The fraction of sp³-hybridized carbons (Fsp3) is 0.625. The predicted molar refractivity (Wildman–Crippen MR) is 73.5 cm³/mol. The second-order valence-corrected chi connectivity index (χ2v) is 6.50. The van der Waals surface area contributed by atoms with Crippen molar-refractivity contribution in [3.05, 3.63) is 35.4 Å². The minimum atomic E-state index is -0.608. The molecule has 1 fully saturated rings. The third-order valence-corrected chi connectivity index (χ3v) is 5.12. The van der Waals surface area contributed by atoms with Crippen LogP contribution >= 0.6 is 0 Å². The van der Waals surface area contributed by atoms with Crippen molar-refractivity contribution in [3.8, 4) is 0 Å². The van der Waals surface area contributed by atoms with Crippen molar-refractivity contribution in [1.82, 2.24) is 5.32 Å². The molecule has 2 aliphatic rings. The maximum atomic E-state index is 11.2. The number of aliphatic hydroxyl groups is 1. The quantitative estimate of drug-likeness (QED) is 0.797. The van der Waals surface area contributed by atoms with E-state index < -0.39 is 5.60 Å². The summed E-state index contributed by atoms with van der Waals surface area (Å²) in [7, 11) is 0. The van der Waals surface area contributed by atoms with E-state index in [1.165, 1.54) is 11.1 Å². The van der Waals surface area contributed by atoms with E-state index in [9.17, 15) is 5.11 Å². The zero-order chi connectivity index (χ0) is 12.8. The maximum absolute atomic E-state index is 11.2. The average molecular weight is 245 g/mol. The number of hydrogen-bond acceptors (Lipinski definition) is 2. The molecule has 0 aromatic heterocycles. The molecule has 1 aliphatic heterocycles. The molecule has 18 heavy (non-hydrogen) atoms. The lowest BCUT2D eigenvalue weighted by atomic mass is 9.69. The molecule has 1 aromatic rings. The zero-order valence-corrected chi connectivity index (χ0v) is 11.4. The van der Waals surface area contributed by atoms with Gasteiger partial charge in [-0.05, 0) is 48.8 Å². The Morgan fingerprint density at radius 3 is 2.72 bits per heavy atom. The van der Waals surface area contributed by atoms with Crippen LogP contribution in [0.4, 0.5) is 0 Å². The van der Waals surface area contributed by atoms with Crippen LogP contribution in [-0.4, -0.2) is 17.3 Å². The van der Waals surface area contributed by atoms with Gasteiger partial charge < -0.3 is 10.4 Å². The Kier molecular flexibility index (Phi) is 2.76. The van der Waals surface area contributed by atoms with Crippen LogP contribution in [0.2, 0.25) is 0 Å². The molecule has 0 spiro atoms. The fourth-order valence-corrected chi connectivity index (χ4v) is 3.82. The second kappa shape index (κ2) is 4.07. The first kappa shape index (κ1) is 12.2. The molecule has 2 atom stereocenters. The van der Waals surface area contributed by atoms with Crippen molar-refractivity contribution < 1.29 is 5.11 Å². The van der Waals surface area contributed by atoms with Crippen molar-refractivity contribution in [2.75, 3.05) is 6.54 Å². The molecule has 0 radical (unpaired) electrons. The van der Waals surface area contributed by atoms with Gasteiger partial charge in [0, 0.05) is 0 Å². The number of hydrogen-bond donors (Lipinski definition) is 2. The second-order valence-electron chi connectivity index (χ2n) is 6.50. The summed E-state index contributed by atoms with van der Waals surface area (Å²) in [6, 6.07) is 8.67. The summed E-state index contributed by atoms with van der Waals surface area (Å²) in [4.78, 5) is 0. The average Bonchev–Trinajstić information content (AvgIpc) is 2.64. The highest BCUT2D eigenvalue weighted by Gasteiger charge is 2.53. The van der Waals surface area contributed by atoms with Gasteiger partial charge in [-0.1, -0.05) is 38.1 Å². The van der Waals surface area contributed by atoms with Crippen LogP contribution in [-0.2, 0) is 6.42 Å². The molecule has 0 bridgehead atoms. The number of fused-ring (bicyclic) bond motifs is 1. The smallest absolute Gasteiger partial charge is 0.0892 e. The van der Waals surface area contributed by atoms with Gasteiger partial charge in [-0.15, -0.1) is 0 Å². The summed E-state index contributed by atoms with van der Waals surface area (Å²) in [6.07, 6.45) is 4.23. The summed E-state index contributed by atoms with van der Waals surface area (Å²) in [5.74, 6) is 0. The lowest BCUT2D eigenvalue weighted by molar-refractivity contribution is -0.0758. The highest BCUT2D eigenvalue weighted by atomic mass is 16.3. The molecular weight excluding hydrogens is 222 g/mol. The van der Waals surface area contributed by atoms with Crippen LogP contribution in [0.3, 0.4) is 0 Å². The Balaban J connectivity index is 2.04. The van der Waals surface area contributed by atoms with Gasteiger partial charge in [0.2, 0.25) is 0 Å². The van der Waals surface area contributed by atoms with Crippen LogP contribution in [0, 0.1) is 5.41 Å². The largest absolute Gasteiger partial charge is 0.387 e. The molecule has 2 heteroatoms. The van der Waals surface area contributed by atoms with Crippen LogP contribution in [0.5, 0.6) is 0 Å². The van der Waals surface area contributed by atoms with Crippen LogP contribution < -0.4 is 5.32 Å². The van der Waals surface area contributed by atoms with E-state index in [0.29, 0.717) is 0 Å². The third-order valence-electron chi connectivity index (χ3n) is 5.12. The van der Waals surface area contributed by atoms with E-state index in [0.717, 1.165) is 32.2 Å². The van der Waals surface area contributed by atoms with E-state index in [1.807, 2.05) is 0 Å². The van der Waals surface area contributed by atoms with Crippen molar-refractivity contribution in [2.45, 2.75) is 51.2 Å². The standard InChI is InChI=1S/C16H23NO/c1-15(2)9-5-10-16(15,18)14-13-7-4-3-6-12(13)8-11-17-14/h3-4,6-7,14,17-18H,5,8-11H2,1-2H3. The van der Waals surface area contributed by atoms with E-state index in [-0.39, 0.29) is 11.5 Å². The predicted octanol–water partition coefficient (Wildman–Crippen LogP) is 2.81. The van der Waals surface area contributed by atoms with Gasteiger partial charge in [-0.2, -0.15) is 0 Å². The first-order chi connectivity index (χ1) is 8.55. The minimum absolute atomic E-state index is 0.00484. The fourth-order valence-electron chi connectivity index (χ4n) is 3.82. The zero-order valence-electron chi connectivity index (χ0n) is 11.4. The van der Waals surface area contributed by atoms with Crippen LogP contribution in [0.1, 0.15) is 50.3 Å². The van der Waals surface area contributed by atoms with E-state index in [4.69, 9.17) is 0 Å². The Bertz CT molecular complexity index is 454. The summed E-state index contributed by atoms with van der Waals surface area (Å²) in [5.41, 5.74) is 2.09. The molecule has 2 nitrogen and oxygen atoms in total. The highest BCUT2D eigenvalue weighted by Crippen LogP contribution is 2.52. The molecule has 1 heterocycles. The maximum Gasteiger partial charge on any atom is 0.0892 e. The normalized spacial score (nSPS) is 34.3. The molecule has 3 rings (SSSR count). The molecule has 0 saturated heterocycles. The molecule has 98 valence electrons. The van der Waals surface area contributed by atoms with Gasteiger partial charge in [-0.25, -0.2) is 0 Å². The van der Waals surface area contributed by atoms with Gasteiger partial charge in [-0.3, -0.25) is 0 Å². The Morgan fingerprint density at radius 1 is 1.22 bits per heavy atom. The summed E-state index contributed by atoms with van der Waals surface area (Å²) >= 11 is 0. The van der Waals surface area contributed by atoms with Gasteiger partial charge in [0.15, 0.2) is 0 Å². The molecule has 0 amide bonds. The molecule has 2 N–H and O–H groups in total. The van der Waals surface area contributed by atoms with E-state index in [2.05, 4.69) is 43.4 Å². The number of nitrogens with one attached hydrogen (secondary N) is 1. The van der Waals surface area contributed by atoms with Crippen molar-refractivity contribution in [2.24, 2.45) is 5.41 Å². The van der Waals surface area contributed by atoms with Gasteiger partial charge in [0.1, 0.15) is 0 Å². The molecular formula is C16H23NO. The Morgan fingerprint density at radius 2 is 2.00 bits per heavy atom. The van der Waals surface area contributed by atoms with Gasteiger partial charge in [0.05, 0.1) is 11.6 Å². The lowest BCUT2D eigenvalue weighted by Crippen LogP contribution is -2.52.